The highest BCUT2D eigenvalue weighted by atomic mass is 16.3. The van der Waals surface area contributed by atoms with Gasteiger partial charge in [0.25, 0.3) is 5.91 Å². The number of phenolic OH excluding ortho intramolecular Hbond substituents is 1. The summed E-state index contributed by atoms with van der Waals surface area (Å²) in [6, 6.07) is 19.9. The molecule has 3 aromatic rings. The number of rotatable bonds is 3. The van der Waals surface area contributed by atoms with Gasteiger partial charge in [-0.3, -0.25) is 4.79 Å². The Balaban J connectivity index is 1.79. The topological polar surface area (TPSA) is 61.7 Å². The first-order valence-electron chi connectivity index (χ1n) is 6.84. The van der Waals surface area contributed by atoms with Gasteiger partial charge in [0.15, 0.2) is 0 Å². The molecule has 3 aromatic carbocycles. The summed E-state index contributed by atoms with van der Waals surface area (Å²) < 4.78 is 0. The lowest BCUT2D eigenvalue weighted by atomic mass is 10.0. The van der Waals surface area contributed by atoms with Crippen LogP contribution >= 0.6 is 0 Å². The van der Waals surface area contributed by atoms with Crippen LogP contribution in [0.1, 0.15) is 15.9 Å². The van der Waals surface area contributed by atoms with E-state index in [0.29, 0.717) is 11.1 Å². The third-order valence-electron chi connectivity index (χ3n) is 3.28. The average molecular weight is 290 g/mol. The summed E-state index contributed by atoms with van der Waals surface area (Å²) in [6.07, 6.45) is 1.49. The van der Waals surface area contributed by atoms with Crippen LogP contribution in [-0.2, 0) is 0 Å². The van der Waals surface area contributed by atoms with E-state index in [1.165, 1.54) is 6.21 Å². The molecule has 0 saturated carbocycles. The van der Waals surface area contributed by atoms with Crippen molar-refractivity contribution in [2.45, 2.75) is 0 Å². The van der Waals surface area contributed by atoms with E-state index in [2.05, 4.69) is 10.5 Å². The Labute approximate surface area is 127 Å². The lowest BCUT2D eigenvalue weighted by molar-refractivity contribution is 0.0957. The van der Waals surface area contributed by atoms with E-state index in [-0.39, 0.29) is 11.7 Å². The zero-order chi connectivity index (χ0) is 15.4. The Bertz CT molecular complexity index is 851. The summed E-state index contributed by atoms with van der Waals surface area (Å²) in [5, 5.41) is 15.2. The molecule has 0 bridgehead atoms. The van der Waals surface area contributed by atoms with Crippen molar-refractivity contribution in [3.63, 3.8) is 0 Å². The number of fused-ring (bicyclic) bond motifs is 1. The van der Waals surface area contributed by atoms with Crippen LogP contribution in [0.2, 0.25) is 0 Å². The molecule has 3 rings (SSSR count). The van der Waals surface area contributed by atoms with Crippen LogP contribution < -0.4 is 5.43 Å². The van der Waals surface area contributed by atoms with Crippen molar-refractivity contribution in [1.82, 2.24) is 5.43 Å². The zero-order valence-corrected chi connectivity index (χ0v) is 11.7. The molecule has 2 N–H and O–H groups in total. The molecule has 0 aliphatic rings. The molecule has 0 aliphatic carbocycles. The molecule has 108 valence electrons. The molecule has 0 saturated heterocycles. The Morgan fingerprint density at radius 2 is 1.77 bits per heavy atom. The van der Waals surface area contributed by atoms with Crippen LogP contribution in [-0.4, -0.2) is 17.2 Å². The van der Waals surface area contributed by atoms with Crippen molar-refractivity contribution in [2.75, 3.05) is 0 Å². The van der Waals surface area contributed by atoms with Crippen LogP contribution in [0.25, 0.3) is 10.8 Å². The van der Waals surface area contributed by atoms with Crippen LogP contribution in [0.3, 0.4) is 0 Å². The van der Waals surface area contributed by atoms with Gasteiger partial charge >= 0.3 is 0 Å². The van der Waals surface area contributed by atoms with Gasteiger partial charge in [0.2, 0.25) is 0 Å². The number of phenols is 1. The predicted molar refractivity (Wildman–Crippen MR) is 87.1 cm³/mol. The maximum atomic E-state index is 12.2. The molecule has 0 atom stereocenters. The highest BCUT2D eigenvalue weighted by Crippen LogP contribution is 2.18. The van der Waals surface area contributed by atoms with E-state index < -0.39 is 0 Å². The number of hydrogen-bond donors (Lipinski definition) is 2. The summed E-state index contributed by atoms with van der Waals surface area (Å²) in [5.74, 6) is -0.113. The van der Waals surface area contributed by atoms with Gasteiger partial charge in [-0.15, -0.1) is 0 Å². The van der Waals surface area contributed by atoms with Gasteiger partial charge in [0, 0.05) is 5.56 Å². The van der Waals surface area contributed by atoms with Crippen molar-refractivity contribution in [3.05, 3.63) is 77.9 Å². The smallest absolute Gasteiger partial charge is 0.271 e. The Hall–Kier alpha value is -3.14. The zero-order valence-electron chi connectivity index (χ0n) is 11.7. The number of amides is 1. The second-order valence-corrected chi connectivity index (χ2v) is 4.82. The first kappa shape index (κ1) is 13.8. The Kier molecular flexibility index (Phi) is 3.83. The lowest BCUT2D eigenvalue weighted by Gasteiger charge is -2.04. The first-order valence-corrected chi connectivity index (χ1v) is 6.84. The fourth-order valence-electron chi connectivity index (χ4n) is 2.25. The number of aromatic hydroxyl groups is 1. The van der Waals surface area contributed by atoms with Crippen LogP contribution in [0, 0.1) is 0 Å². The number of carbonyl (C=O) groups is 1. The second kappa shape index (κ2) is 6.10. The SMILES string of the molecule is O=C(N/N=C/c1cccc(O)c1)c1cccc2ccccc12. The van der Waals surface area contributed by atoms with E-state index in [4.69, 9.17) is 0 Å². The summed E-state index contributed by atoms with van der Waals surface area (Å²) >= 11 is 0. The van der Waals surface area contributed by atoms with E-state index in [1.54, 1.807) is 30.3 Å². The van der Waals surface area contributed by atoms with Gasteiger partial charge in [-0.2, -0.15) is 5.10 Å². The number of carbonyl (C=O) groups excluding carboxylic acids is 1. The summed E-state index contributed by atoms with van der Waals surface area (Å²) in [5.41, 5.74) is 3.79. The quantitative estimate of drug-likeness (QED) is 0.574. The monoisotopic (exact) mass is 290 g/mol. The minimum Gasteiger partial charge on any atom is -0.508 e. The molecule has 0 unspecified atom stereocenters. The molecule has 22 heavy (non-hydrogen) atoms. The number of nitrogens with one attached hydrogen (secondary N) is 1. The molecule has 4 heteroatoms. The summed E-state index contributed by atoms with van der Waals surface area (Å²) in [6.45, 7) is 0. The molecular weight excluding hydrogens is 276 g/mol. The normalized spacial score (nSPS) is 10.9. The fourth-order valence-corrected chi connectivity index (χ4v) is 2.25. The molecule has 1 amide bonds. The highest BCUT2D eigenvalue weighted by Gasteiger charge is 2.08. The van der Waals surface area contributed by atoms with Gasteiger partial charge < -0.3 is 5.11 Å². The average Bonchev–Trinajstić information content (AvgIpc) is 2.54. The molecule has 4 nitrogen and oxygen atoms in total. The van der Waals surface area contributed by atoms with Crippen LogP contribution in [0.5, 0.6) is 5.75 Å². The molecule has 0 fully saturated rings. The van der Waals surface area contributed by atoms with Gasteiger partial charge in [0.05, 0.1) is 6.21 Å². The standard InChI is InChI=1S/C18H14N2O2/c21-15-8-3-5-13(11-15)12-19-20-18(22)17-10-4-7-14-6-1-2-9-16(14)17/h1-12,21H,(H,20,22)/b19-12+. The van der Waals surface area contributed by atoms with Gasteiger partial charge in [-0.05, 0) is 34.5 Å². The number of nitrogens with zero attached hydrogens (tertiary/aromatic N) is 1. The van der Waals surface area contributed by atoms with Crippen molar-refractivity contribution in [2.24, 2.45) is 5.10 Å². The molecule has 0 aliphatic heterocycles. The predicted octanol–water partition coefficient (Wildman–Crippen LogP) is 3.31. The minimum atomic E-state index is -0.270. The lowest BCUT2D eigenvalue weighted by Crippen LogP contribution is -2.17. The molecule has 0 radical (unpaired) electrons. The highest BCUT2D eigenvalue weighted by molar-refractivity contribution is 6.07. The Morgan fingerprint density at radius 3 is 2.64 bits per heavy atom. The van der Waals surface area contributed by atoms with Crippen LogP contribution in [0.4, 0.5) is 0 Å². The second-order valence-electron chi connectivity index (χ2n) is 4.82. The first-order chi connectivity index (χ1) is 10.7. The van der Waals surface area contributed by atoms with Crippen molar-refractivity contribution >= 4 is 22.9 Å². The largest absolute Gasteiger partial charge is 0.508 e. The maximum Gasteiger partial charge on any atom is 0.271 e. The van der Waals surface area contributed by atoms with E-state index in [0.717, 1.165) is 10.8 Å². The van der Waals surface area contributed by atoms with E-state index >= 15 is 0 Å². The molecule has 0 spiro atoms. The third-order valence-corrected chi connectivity index (χ3v) is 3.28. The molecule has 0 aromatic heterocycles. The molecular formula is C18H14N2O2. The third kappa shape index (κ3) is 2.96. The molecule has 0 heterocycles. The minimum absolute atomic E-state index is 0.157. The van der Waals surface area contributed by atoms with Gasteiger partial charge in [0.1, 0.15) is 5.75 Å². The van der Waals surface area contributed by atoms with E-state index in [1.807, 2.05) is 36.4 Å². The van der Waals surface area contributed by atoms with E-state index in [9.17, 15) is 9.90 Å². The van der Waals surface area contributed by atoms with Crippen molar-refractivity contribution < 1.29 is 9.90 Å². The van der Waals surface area contributed by atoms with Crippen LogP contribution in [0.15, 0.2) is 71.8 Å². The Morgan fingerprint density at radius 1 is 1.00 bits per heavy atom. The fraction of sp³-hybridized carbons (Fsp3) is 0. The summed E-state index contributed by atoms with van der Waals surface area (Å²) in [7, 11) is 0. The van der Waals surface area contributed by atoms with Crippen molar-refractivity contribution in [1.29, 1.82) is 0 Å². The number of hydrazone groups is 1. The van der Waals surface area contributed by atoms with Crippen molar-refractivity contribution in [3.8, 4) is 5.75 Å². The summed E-state index contributed by atoms with van der Waals surface area (Å²) in [4.78, 5) is 12.2. The maximum absolute atomic E-state index is 12.2. The number of hydrogen-bond acceptors (Lipinski definition) is 3. The number of benzene rings is 3. The van der Waals surface area contributed by atoms with Gasteiger partial charge in [-0.1, -0.05) is 48.5 Å². The van der Waals surface area contributed by atoms with Gasteiger partial charge in [-0.25, -0.2) is 5.43 Å².